The van der Waals surface area contributed by atoms with Gasteiger partial charge in [-0.25, -0.2) is 4.79 Å². The first-order valence-corrected chi connectivity index (χ1v) is 7.57. The molecule has 0 heterocycles. The van der Waals surface area contributed by atoms with Gasteiger partial charge in [0.15, 0.2) is 12.7 Å². The Morgan fingerprint density at radius 2 is 1.82 bits per heavy atom. The lowest BCUT2D eigenvalue weighted by Gasteiger charge is -2.15. The summed E-state index contributed by atoms with van der Waals surface area (Å²) in [7, 11) is 0. The van der Waals surface area contributed by atoms with Crippen LogP contribution in [0.2, 0.25) is 0 Å². The maximum absolute atomic E-state index is 11.8. The Morgan fingerprint density at radius 1 is 1.23 bits per heavy atom. The van der Waals surface area contributed by atoms with E-state index in [0.29, 0.717) is 5.75 Å². The fourth-order valence-corrected chi connectivity index (χ4v) is 2.36. The number of carbonyl (C=O) groups excluding carboxylic acids is 2. The van der Waals surface area contributed by atoms with Gasteiger partial charge in [-0.2, -0.15) is 0 Å². The van der Waals surface area contributed by atoms with Gasteiger partial charge in [-0.05, 0) is 51.7 Å². The summed E-state index contributed by atoms with van der Waals surface area (Å²) in [5, 5.41) is 2.80. The first kappa shape index (κ1) is 16.3. The van der Waals surface area contributed by atoms with Gasteiger partial charge in [-0.3, -0.25) is 4.79 Å². The van der Waals surface area contributed by atoms with Crippen molar-refractivity contribution in [1.29, 1.82) is 0 Å². The number of amides is 1. The molecule has 5 nitrogen and oxygen atoms in total. The van der Waals surface area contributed by atoms with Gasteiger partial charge < -0.3 is 14.8 Å². The van der Waals surface area contributed by atoms with Crippen molar-refractivity contribution in [1.82, 2.24) is 5.32 Å². The number of nitrogens with one attached hydrogen (secondary N) is 1. The lowest BCUT2D eigenvalue weighted by atomic mass is 10.1. The van der Waals surface area contributed by atoms with E-state index < -0.39 is 12.1 Å². The summed E-state index contributed by atoms with van der Waals surface area (Å²) in [4.78, 5) is 23.5. The fourth-order valence-electron chi connectivity index (χ4n) is 2.36. The monoisotopic (exact) mass is 305 g/mol. The summed E-state index contributed by atoms with van der Waals surface area (Å²) in [5.74, 6) is -0.103. The molecule has 0 saturated heterocycles. The molecule has 0 bridgehead atoms. The van der Waals surface area contributed by atoms with Crippen molar-refractivity contribution in [3.63, 3.8) is 0 Å². The molecular weight excluding hydrogens is 282 g/mol. The van der Waals surface area contributed by atoms with Gasteiger partial charge in [0.2, 0.25) is 0 Å². The van der Waals surface area contributed by atoms with E-state index in [0.717, 1.165) is 29.5 Å². The predicted molar refractivity (Wildman–Crippen MR) is 82.9 cm³/mol. The van der Waals surface area contributed by atoms with Gasteiger partial charge in [0.05, 0.1) is 0 Å². The van der Waals surface area contributed by atoms with Gasteiger partial charge >= 0.3 is 5.97 Å². The second kappa shape index (κ2) is 6.81. The maximum atomic E-state index is 11.8. The van der Waals surface area contributed by atoms with Gasteiger partial charge in [0.1, 0.15) is 5.75 Å². The molecule has 0 aliphatic heterocycles. The molecular formula is C17H23NO4. The number of rotatable bonds is 6. The molecule has 22 heavy (non-hydrogen) atoms. The highest BCUT2D eigenvalue weighted by atomic mass is 16.6. The second-order valence-electron chi connectivity index (χ2n) is 5.93. The minimum Gasteiger partial charge on any atom is -0.481 e. The molecule has 1 saturated carbocycles. The molecule has 1 amide bonds. The minimum atomic E-state index is -0.795. The summed E-state index contributed by atoms with van der Waals surface area (Å²) < 4.78 is 10.6. The average molecular weight is 305 g/mol. The lowest BCUT2D eigenvalue weighted by molar-refractivity contribution is -0.156. The number of carbonyl (C=O) groups is 2. The first-order valence-electron chi connectivity index (χ1n) is 7.57. The number of ether oxygens (including phenoxy) is 2. The zero-order chi connectivity index (χ0) is 16.3. The van der Waals surface area contributed by atoms with Gasteiger partial charge in [-0.1, -0.05) is 17.7 Å². The van der Waals surface area contributed by atoms with Crippen LogP contribution in [-0.4, -0.2) is 30.6 Å². The number of aryl methyl sites for hydroxylation is 3. The molecule has 1 aliphatic rings. The van der Waals surface area contributed by atoms with Crippen LogP contribution in [0.3, 0.4) is 0 Å². The molecule has 1 N–H and O–H groups in total. The third kappa shape index (κ3) is 4.48. The van der Waals surface area contributed by atoms with Crippen LogP contribution in [0.1, 0.15) is 36.5 Å². The normalized spacial score (nSPS) is 15.1. The van der Waals surface area contributed by atoms with Crippen LogP contribution in [-0.2, 0) is 14.3 Å². The molecule has 1 atom stereocenters. The molecule has 1 aromatic carbocycles. The number of hydrogen-bond acceptors (Lipinski definition) is 4. The standard InChI is InChI=1S/C17H23NO4/c1-10-7-11(2)16(12(3)8-10)21-9-15(19)22-13(4)17(20)18-14-5-6-14/h7-8,13-14H,5-6,9H2,1-4H3,(H,18,20)/t13-/m0/s1. The van der Waals surface area contributed by atoms with Crippen molar-refractivity contribution < 1.29 is 19.1 Å². The first-order chi connectivity index (χ1) is 10.4. The molecule has 0 aromatic heterocycles. The molecule has 0 spiro atoms. The molecule has 5 heteroatoms. The zero-order valence-electron chi connectivity index (χ0n) is 13.6. The summed E-state index contributed by atoms with van der Waals surface area (Å²) in [6.45, 7) is 7.25. The van der Waals surface area contributed by atoms with Crippen molar-refractivity contribution in [2.45, 2.75) is 52.7 Å². The SMILES string of the molecule is Cc1cc(C)c(OCC(=O)O[C@@H](C)C(=O)NC2CC2)c(C)c1. The molecule has 2 rings (SSSR count). The molecule has 1 aromatic rings. The van der Waals surface area contributed by atoms with Crippen LogP contribution < -0.4 is 10.1 Å². The Bertz CT molecular complexity index is 555. The summed E-state index contributed by atoms with van der Waals surface area (Å²) in [5.41, 5.74) is 3.10. The van der Waals surface area contributed by atoms with Crippen molar-refractivity contribution in [2.24, 2.45) is 0 Å². The number of hydrogen-bond donors (Lipinski definition) is 1. The lowest BCUT2D eigenvalue weighted by Crippen LogP contribution is -2.37. The third-order valence-corrected chi connectivity index (χ3v) is 3.54. The highest BCUT2D eigenvalue weighted by Gasteiger charge is 2.27. The Morgan fingerprint density at radius 3 is 2.36 bits per heavy atom. The minimum absolute atomic E-state index is 0.203. The van der Waals surface area contributed by atoms with Crippen molar-refractivity contribution in [2.75, 3.05) is 6.61 Å². The largest absolute Gasteiger partial charge is 0.481 e. The quantitative estimate of drug-likeness (QED) is 0.818. The molecule has 0 radical (unpaired) electrons. The molecule has 0 unspecified atom stereocenters. The van der Waals surface area contributed by atoms with Crippen LogP contribution in [0.15, 0.2) is 12.1 Å². The molecule has 1 aliphatic carbocycles. The summed E-state index contributed by atoms with van der Waals surface area (Å²) in [6.07, 6.45) is 1.21. The summed E-state index contributed by atoms with van der Waals surface area (Å²) in [6, 6.07) is 4.25. The van der Waals surface area contributed by atoms with E-state index in [-0.39, 0.29) is 18.6 Å². The smallest absolute Gasteiger partial charge is 0.344 e. The van der Waals surface area contributed by atoms with Crippen LogP contribution in [0.4, 0.5) is 0 Å². The number of benzene rings is 1. The highest BCUT2D eigenvalue weighted by molar-refractivity contribution is 5.84. The van der Waals surface area contributed by atoms with E-state index in [1.807, 2.05) is 32.9 Å². The third-order valence-electron chi connectivity index (χ3n) is 3.54. The predicted octanol–water partition coefficient (Wildman–Crippen LogP) is 2.20. The molecule has 120 valence electrons. The molecule has 1 fully saturated rings. The average Bonchev–Trinajstić information content (AvgIpc) is 3.21. The fraction of sp³-hybridized carbons (Fsp3) is 0.529. The van der Waals surface area contributed by atoms with Crippen LogP contribution in [0, 0.1) is 20.8 Å². The van der Waals surface area contributed by atoms with Gasteiger partial charge in [0.25, 0.3) is 5.91 Å². The number of esters is 1. The van der Waals surface area contributed by atoms with Gasteiger partial charge in [-0.15, -0.1) is 0 Å². The van der Waals surface area contributed by atoms with Crippen molar-refractivity contribution in [3.05, 3.63) is 28.8 Å². The van der Waals surface area contributed by atoms with E-state index in [4.69, 9.17) is 9.47 Å². The Hall–Kier alpha value is -2.04. The van der Waals surface area contributed by atoms with Crippen molar-refractivity contribution >= 4 is 11.9 Å². The Labute approximate surface area is 131 Å². The van der Waals surface area contributed by atoms with E-state index in [1.165, 1.54) is 0 Å². The van der Waals surface area contributed by atoms with Crippen molar-refractivity contribution in [3.8, 4) is 5.75 Å². The Kier molecular flexibility index (Phi) is 5.06. The van der Waals surface area contributed by atoms with Gasteiger partial charge in [0, 0.05) is 6.04 Å². The van der Waals surface area contributed by atoms with E-state index in [1.54, 1.807) is 6.92 Å². The maximum Gasteiger partial charge on any atom is 0.344 e. The van der Waals surface area contributed by atoms with Crippen LogP contribution in [0.5, 0.6) is 5.75 Å². The Balaban J connectivity index is 1.83. The van der Waals surface area contributed by atoms with E-state index in [9.17, 15) is 9.59 Å². The highest BCUT2D eigenvalue weighted by Crippen LogP contribution is 2.24. The van der Waals surface area contributed by atoms with E-state index >= 15 is 0 Å². The second-order valence-corrected chi connectivity index (χ2v) is 5.93. The zero-order valence-corrected chi connectivity index (χ0v) is 13.6. The topological polar surface area (TPSA) is 64.6 Å². The van der Waals surface area contributed by atoms with Crippen LogP contribution >= 0.6 is 0 Å². The summed E-state index contributed by atoms with van der Waals surface area (Å²) >= 11 is 0. The van der Waals surface area contributed by atoms with E-state index in [2.05, 4.69) is 5.32 Å². The van der Waals surface area contributed by atoms with Crippen LogP contribution in [0.25, 0.3) is 0 Å².